The summed E-state index contributed by atoms with van der Waals surface area (Å²) < 4.78 is 0. The maximum atomic E-state index is 6.03. The second kappa shape index (κ2) is 4.80. The lowest BCUT2D eigenvalue weighted by molar-refractivity contribution is 1.15. The van der Waals surface area contributed by atoms with Crippen LogP contribution in [0.25, 0.3) is 0 Å². The van der Waals surface area contributed by atoms with Crippen molar-refractivity contribution in [3.8, 4) is 0 Å². The van der Waals surface area contributed by atoms with Gasteiger partial charge in [-0.3, -0.25) is 0 Å². The molecule has 0 aliphatic rings. The third kappa shape index (κ3) is 2.80. The van der Waals surface area contributed by atoms with E-state index in [1.165, 1.54) is 16.7 Å². The van der Waals surface area contributed by atoms with E-state index in [0.29, 0.717) is 5.02 Å². The molecule has 0 radical (unpaired) electrons. The molecule has 0 amide bonds. The number of nitrogens with two attached hydrogens (primary N) is 1. The van der Waals surface area contributed by atoms with Crippen molar-refractivity contribution in [1.82, 2.24) is 0 Å². The third-order valence-electron chi connectivity index (χ3n) is 3.04. The van der Waals surface area contributed by atoms with Gasteiger partial charge in [0, 0.05) is 10.7 Å². The lowest BCUT2D eigenvalue weighted by Crippen LogP contribution is -1.97. The van der Waals surface area contributed by atoms with Crippen LogP contribution in [0.1, 0.15) is 22.3 Å². The number of hydrogen-bond donors (Lipinski definition) is 1. The van der Waals surface area contributed by atoms with Crippen molar-refractivity contribution in [3.63, 3.8) is 0 Å². The Labute approximate surface area is 107 Å². The summed E-state index contributed by atoms with van der Waals surface area (Å²) in [6.07, 6.45) is 0.872. The Balaban J connectivity index is 2.32. The summed E-state index contributed by atoms with van der Waals surface area (Å²) in [6, 6.07) is 12.3. The predicted molar refractivity (Wildman–Crippen MR) is 74.6 cm³/mol. The molecule has 17 heavy (non-hydrogen) atoms. The SMILES string of the molecule is Cc1ccc(Cc2cc(Cl)cc(N)c2C)cc1. The maximum absolute atomic E-state index is 6.03. The Hall–Kier alpha value is -1.47. The summed E-state index contributed by atoms with van der Waals surface area (Å²) in [7, 11) is 0. The molecule has 1 nitrogen and oxygen atoms in total. The molecular weight excluding hydrogens is 230 g/mol. The lowest BCUT2D eigenvalue weighted by Gasteiger charge is -2.10. The Kier molecular flexibility index (Phi) is 3.39. The summed E-state index contributed by atoms with van der Waals surface area (Å²) >= 11 is 6.03. The topological polar surface area (TPSA) is 26.0 Å². The highest BCUT2D eigenvalue weighted by Gasteiger charge is 2.05. The molecule has 0 heterocycles. The molecule has 0 saturated carbocycles. The first-order valence-corrected chi connectivity index (χ1v) is 6.04. The molecule has 2 rings (SSSR count). The van der Waals surface area contributed by atoms with E-state index in [4.69, 9.17) is 17.3 Å². The van der Waals surface area contributed by atoms with Crippen molar-refractivity contribution < 1.29 is 0 Å². The fraction of sp³-hybridized carbons (Fsp3) is 0.200. The highest BCUT2D eigenvalue weighted by Crippen LogP contribution is 2.24. The normalized spacial score (nSPS) is 10.5. The van der Waals surface area contributed by atoms with Crippen LogP contribution in [-0.2, 0) is 6.42 Å². The van der Waals surface area contributed by atoms with E-state index < -0.39 is 0 Å². The number of benzene rings is 2. The van der Waals surface area contributed by atoms with E-state index in [2.05, 4.69) is 31.2 Å². The fourth-order valence-electron chi connectivity index (χ4n) is 1.87. The van der Waals surface area contributed by atoms with Crippen molar-refractivity contribution in [2.24, 2.45) is 0 Å². The van der Waals surface area contributed by atoms with Crippen LogP contribution in [0, 0.1) is 13.8 Å². The maximum Gasteiger partial charge on any atom is 0.0429 e. The summed E-state index contributed by atoms with van der Waals surface area (Å²) in [6.45, 7) is 4.13. The van der Waals surface area contributed by atoms with Gasteiger partial charge < -0.3 is 5.73 Å². The number of anilines is 1. The average molecular weight is 246 g/mol. The van der Waals surface area contributed by atoms with Gasteiger partial charge in [0.1, 0.15) is 0 Å². The Morgan fingerprint density at radius 2 is 1.71 bits per heavy atom. The molecule has 0 saturated heterocycles. The van der Waals surface area contributed by atoms with E-state index in [9.17, 15) is 0 Å². The van der Waals surface area contributed by atoms with Crippen LogP contribution in [-0.4, -0.2) is 0 Å². The van der Waals surface area contributed by atoms with Crippen molar-refractivity contribution in [3.05, 3.63) is 63.7 Å². The summed E-state index contributed by atoms with van der Waals surface area (Å²) in [5.41, 5.74) is 11.5. The van der Waals surface area contributed by atoms with E-state index in [1.54, 1.807) is 6.07 Å². The molecule has 2 N–H and O–H groups in total. The highest BCUT2D eigenvalue weighted by atomic mass is 35.5. The Morgan fingerprint density at radius 3 is 2.35 bits per heavy atom. The zero-order chi connectivity index (χ0) is 12.4. The Bertz CT molecular complexity index is 529. The minimum atomic E-state index is 0.704. The van der Waals surface area contributed by atoms with Crippen molar-refractivity contribution in [1.29, 1.82) is 0 Å². The van der Waals surface area contributed by atoms with Crippen LogP contribution in [0.3, 0.4) is 0 Å². The molecule has 2 aromatic carbocycles. The quantitative estimate of drug-likeness (QED) is 0.791. The first-order chi connectivity index (χ1) is 8.06. The van der Waals surface area contributed by atoms with E-state index in [1.807, 2.05) is 13.0 Å². The van der Waals surface area contributed by atoms with Gasteiger partial charge in [0.2, 0.25) is 0 Å². The molecule has 0 aliphatic heterocycles. The molecule has 2 aromatic rings. The zero-order valence-corrected chi connectivity index (χ0v) is 10.9. The van der Waals surface area contributed by atoms with E-state index in [0.717, 1.165) is 17.7 Å². The minimum absolute atomic E-state index is 0.704. The van der Waals surface area contributed by atoms with Gasteiger partial charge in [-0.1, -0.05) is 41.4 Å². The summed E-state index contributed by atoms with van der Waals surface area (Å²) in [5.74, 6) is 0. The van der Waals surface area contributed by atoms with Gasteiger partial charge >= 0.3 is 0 Å². The molecule has 0 unspecified atom stereocenters. The van der Waals surface area contributed by atoms with Gasteiger partial charge in [0.15, 0.2) is 0 Å². The van der Waals surface area contributed by atoms with Gasteiger partial charge in [-0.25, -0.2) is 0 Å². The smallest absolute Gasteiger partial charge is 0.0429 e. The van der Waals surface area contributed by atoms with Crippen LogP contribution in [0.5, 0.6) is 0 Å². The molecule has 2 heteroatoms. The summed E-state index contributed by atoms with van der Waals surface area (Å²) in [4.78, 5) is 0. The predicted octanol–water partition coefficient (Wildman–Crippen LogP) is 4.13. The first kappa shape index (κ1) is 12.0. The van der Waals surface area contributed by atoms with Crippen LogP contribution < -0.4 is 5.73 Å². The molecule has 0 aromatic heterocycles. The molecule has 0 bridgehead atoms. The van der Waals surface area contributed by atoms with Crippen molar-refractivity contribution in [2.45, 2.75) is 20.3 Å². The standard InChI is InChI=1S/C15H16ClN/c1-10-3-5-12(6-4-10)7-13-8-14(16)9-15(17)11(13)2/h3-6,8-9H,7,17H2,1-2H3. The number of rotatable bonds is 2. The van der Waals surface area contributed by atoms with Crippen molar-refractivity contribution in [2.75, 3.05) is 5.73 Å². The second-order valence-corrected chi connectivity index (χ2v) is 4.88. The van der Waals surface area contributed by atoms with Crippen LogP contribution in [0.2, 0.25) is 5.02 Å². The zero-order valence-electron chi connectivity index (χ0n) is 10.1. The third-order valence-corrected chi connectivity index (χ3v) is 3.25. The molecule has 88 valence electrons. The number of hydrogen-bond acceptors (Lipinski definition) is 1. The number of nitrogen functional groups attached to an aromatic ring is 1. The number of halogens is 1. The highest BCUT2D eigenvalue weighted by molar-refractivity contribution is 6.31. The van der Waals surface area contributed by atoms with E-state index >= 15 is 0 Å². The van der Waals surface area contributed by atoms with Crippen molar-refractivity contribution >= 4 is 17.3 Å². The molecule has 0 fully saturated rings. The monoisotopic (exact) mass is 245 g/mol. The second-order valence-electron chi connectivity index (χ2n) is 4.44. The van der Waals surface area contributed by atoms with Gasteiger partial charge in [0.05, 0.1) is 0 Å². The van der Waals surface area contributed by atoms with Crippen LogP contribution >= 0.6 is 11.6 Å². The van der Waals surface area contributed by atoms with Gasteiger partial charge in [-0.15, -0.1) is 0 Å². The molecule has 0 aliphatic carbocycles. The average Bonchev–Trinajstić information content (AvgIpc) is 2.28. The van der Waals surface area contributed by atoms with Gasteiger partial charge in [-0.2, -0.15) is 0 Å². The van der Waals surface area contributed by atoms with Crippen LogP contribution in [0.15, 0.2) is 36.4 Å². The lowest BCUT2D eigenvalue weighted by atomic mass is 9.99. The molecule has 0 spiro atoms. The van der Waals surface area contributed by atoms with Crippen LogP contribution in [0.4, 0.5) is 5.69 Å². The Morgan fingerprint density at radius 1 is 1.06 bits per heavy atom. The van der Waals surface area contributed by atoms with Gasteiger partial charge in [0.25, 0.3) is 0 Å². The summed E-state index contributed by atoms with van der Waals surface area (Å²) in [5, 5.41) is 0.704. The van der Waals surface area contributed by atoms with Gasteiger partial charge in [-0.05, 0) is 49.1 Å². The first-order valence-electron chi connectivity index (χ1n) is 5.66. The fourth-order valence-corrected chi connectivity index (χ4v) is 2.12. The molecular formula is C15H16ClN. The molecule has 0 atom stereocenters. The minimum Gasteiger partial charge on any atom is -0.398 e. The number of aryl methyl sites for hydroxylation is 1. The van der Waals surface area contributed by atoms with E-state index in [-0.39, 0.29) is 0 Å². The largest absolute Gasteiger partial charge is 0.398 e.